The van der Waals surface area contributed by atoms with Gasteiger partial charge in [-0.2, -0.15) is 0 Å². The third kappa shape index (κ3) is 2.83. The molecule has 11 heavy (non-hydrogen) atoms. The molecule has 55 valence electrons. The number of hydrogen-bond donors (Lipinski definition) is 1. The van der Waals surface area contributed by atoms with Crippen LogP contribution in [0.15, 0.2) is 16.6 Å². The molecule has 0 heterocycles. The fraction of sp³-hybridized carbons (Fsp3) is 0.250. The number of benzene rings is 1. The van der Waals surface area contributed by atoms with Crippen molar-refractivity contribution in [2.24, 2.45) is 0 Å². The molecule has 0 unspecified atom stereocenters. The van der Waals surface area contributed by atoms with Gasteiger partial charge in [0.2, 0.25) is 0 Å². The minimum Gasteiger partial charge on any atom is -0.508 e. The third-order valence-electron chi connectivity index (χ3n) is 1.55. The summed E-state index contributed by atoms with van der Waals surface area (Å²) in [5, 5.41) is 9.19. The average Bonchev–Trinajstić information content (AvgIpc) is 1.93. The Bertz CT molecular complexity index is 234. The van der Waals surface area contributed by atoms with Crippen molar-refractivity contribution < 1.29 is 5.11 Å². The van der Waals surface area contributed by atoms with Gasteiger partial charge in [0.15, 0.2) is 0 Å². The molecule has 1 radical (unpaired) electrons. The van der Waals surface area contributed by atoms with Crippen molar-refractivity contribution in [3.63, 3.8) is 0 Å². The minimum absolute atomic E-state index is 0. The zero-order valence-electron chi connectivity index (χ0n) is 6.98. The number of aromatic hydroxyl groups is 1. The fourth-order valence-electron chi connectivity index (χ4n) is 0.810. The van der Waals surface area contributed by atoms with Crippen LogP contribution in [0.4, 0.5) is 0 Å². The quantitative estimate of drug-likeness (QED) is 0.690. The predicted molar refractivity (Wildman–Crippen MR) is 51.0 cm³/mol. The van der Waals surface area contributed by atoms with Crippen molar-refractivity contribution in [3.05, 3.63) is 27.7 Å². The summed E-state index contributed by atoms with van der Waals surface area (Å²) in [5.41, 5.74) is 2.05. The smallest absolute Gasteiger partial charge is 0.119 e. The van der Waals surface area contributed by atoms with E-state index in [1.165, 1.54) is 0 Å². The van der Waals surface area contributed by atoms with Gasteiger partial charge >= 0.3 is 0 Å². The van der Waals surface area contributed by atoms with Gasteiger partial charge in [-0.15, -0.1) is 0 Å². The number of aryl methyl sites for hydroxylation is 1. The number of halogens is 1. The van der Waals surface area contributed by atoms with Crippen molar-refractivity contribution in [2.45, 2.75) is 13.8 Å². The van der Waals surface area contributed by atoms with Crippen LogP contribution in [-0.4, -0.2) is 56.5 Å². The van der Waals surface area contributed by atoms with Crippen molar-refractivity contribution in [1.29, 1.82) is 0 Å². The molecule has 0 amide bonds. The largest absolute Gasteiger partial charge is 0.508 e. The molecular formula is C8H9BrKO. The molecule has 0 aromatic heterocycles. The molecule has 0 aliphatic rings. The van der Waals surface area contributed by atoms with Crippen LogP contribution in [0.2, 0.25) is 0 Å². The van der Waals surface area contributed by atoms with Gasteiger partial charge < -0.3 is 5.11 Å². The summed E-state index contributed by atoms with van der Waals surface area (Å²) in [6.07, 6.45) is 0. The Kier molecular flexibility index (Phi) is 5.51. The fourth-order valence-corrected chi connectivity index (χ4v) is 1.15. The molecule has 0 aliphatic heterocycles. The molecule has 0 saturated heterocycles. The second-order valence-corrected chi connectivity index (χ2v) is 3.13. The van der Waals surface area contributed by atoms with Crippen LogP contribution in [0.3, 0.4) is 0 Å². The van der Waals surface area contributed by atoms with Crippen LogP contribution in [0.5, 0.6) is 5.75 Å². The molecule has 0 spiro atoms. The molecule has 1 nitrogen and oxygen atoms in total. The average molecular weight is 240 g/mol. The second-order valence-electron chi connectivity index (χ2n) is 2.34. The van der Waals surface area contributed by atoms with E-state index in [0.29, 0.717) is 5.75 Å². The summed E-state index contributed by atoms with van der Waals surface area (Å²) in [4.78, 5) is 0. The standard InChI is InChI=1S/C8H9BrO.K/c1-5-3-4-7(10)6(2)8(5)9;/h3-4,10H,1-2H3;. The van der Waals surface area contributed by atoms with Gasteiger partial charge in [0.25, 0.3) is 0 Å². The van der Waals surface area contributed by atoms with E-state index in [2.05, 4.69) is 15.9 Å². The number of phenols is 1. The Morgan fingerprint density at radius 1 is 1.27 bits per heavy atom. The van der Waals surface area contributed by atoms with E-state index in [0.717, 1.165) is 15.6 Å². The van der Waals surface area contributed by atoms with Gasteiger partial charge in [0.1, 0.15) is 5.75 Å². The maximum atomic E-state index is 9.19. The van der Waals surface area contributed by atoms with Gasteiger partial charge in [-0.25, -0.2) is 0 Å². The first-order valence-electron chi connectivity index (χ1n) is 3.07. The first kappa shape index (κ1) is 12.1. The number of rotatable bonds is 0. The SMILES string of the molecule is Cc1ccc(O)c(C)c1Br.[K]. The van der Waals surface area contributed by atoms with E-state index in [1.54, 1.807) is 6.07 Å². The third-order valence-corrected chi connectivity index (χ3v) is 2.77. The Balaban J connectivity index is 0.000001000. The van der Waals surface area contributed by atoms with E-state index in [9.17, 15) is 5.11 Å². The van der Waals surface area contributed by atoms with Gasteiger partial charge in [0.05, 0.1) is 0 Å². The normalized spacial score (nSPS) is 9.00. The van der Waals surface area contributed by atoms with Gasteiger partial charge in [-0.05, 0) is 25.5 Å². The van der Waals surface area contributed by atoms with E-state index >= 15 is 0 Å². The van der Waals surface area contributed by atoms with Crippen LogP contribution in [0.1, 0.15) is 11.1 Å². The first-order chi connectivity index (χ1) is 4.63. The van der Waals surface area contributed by atoms with E-state index in [1.807, 2.05) is 19.9 Å². The monoisotopic (exact) mass is 239 g/mol. The Morgan fingerprint density at radius 3 is 2.27 bits per heavy atom. The molecule has 0 aliphatic carbocycles. The van der Waals surface area contributed by atoms with E-state index in [-0.39, 0.29) is 51.4 Å². The summed E-state index contributed by atoms with van der Waals surface area (Å²) < 4.78 is 0.993. The minimum atomic E-state index is 0. The Labute approximate surface area is 118 Å². The number of phenolic OH excluding ortho intramolecular Hbond substituents is 1. The van der Waals surface area contributed by atoms with Crippen molar-refractivity contribution in [2.75, 3.05) is 0 Å². The molecule has 3 heteroatoms. The van der Waals surface area contributed by atoms with Gasteiger partial charge in [-0.1, -0.05) is 22.0 Å². The summed E-state index contributed by atoms with van der Waals surface area (Å²) in [5.74, 6) is 0.345. The first-order valence-corrected chi connectivity index (χ1v) is 3.87. The van der Waals surface area contributed by atoms with Crippen LogP contribution in [-0.2, 0) is 0 Å². The molecule has 0 bridgehead atoms. The summed E-state index contributed by atoms with van der Waals surface area (Å²) in [6, 6.07) is 3.59. The van der Waals surface area contributed by atoms with Crippen LogP contribution < -0.4 is 0 Å². The van der Waals surface area contributed by atoms with Crippen LogP contribution >= 0.6 is 15.9 Å². The summed E-state index contributed by atoms with van der Waals surface area (Å²) in [6.45, 7) is 3.88. The van der Waals surface area contributed by atoms with Crippen molar-refractivity contribution >= 4 is 67.3 Å². The van der Waals surface area contributed by atoms with E-state index < -0.39 is 0 Å². The number of hydrogen-bond acceptors (Lipinski definition) is 1. The molecular weight excluding hydrogens is 231 g/mol. The zero-order chi connectivity index (χ0) is 7.72. The van der Waals surface area contributed by atoms with E-state index in [4.69, 9.17) is 0 Å². The summed E-state index contributed by atoms with van der Waals surface area (Å²) >= 11 is 3.37. The molecule has 0 atom stereocenters. The Morgan fingerprint density at radius 2 is 1.82 bits per heavy atom. The molecule has 1 N–H and O–H groups in total. The van der Waals surface area contributed by atoms with Gasteiger partial charge in [-0.3, -0.25) is 0 Å². The molecule has 0 fully saturated rings. The maximum absolute atomic E-state index is 9.19. The molecule has 1 aromatic rings. The van der Waals surface area contributed by atoms with Gasteiger partial charge in [0, 0.05) is 61.4 Å². The Hall–Kier alpha value is 1.14. The van der Waals surface area contributed by atoms with Crippen molar-refractivity contribution in [1.82, 2.24) is 0 Å². The zero-order valence-corrected chi connectivity index (χ0v) is 11.7. The maximum Gasteiger partial charge on any atom is 0.119 e. The second kappa shape index (κ2) is 4.99. The van der Waals surface area contributed by atoms with Crippen molar-refractivity contribution in [3.8, 4) is 5.75 Å². The molecule has 1 rings (SSSR count). The molecule has 0 saturated carbocycles. The summed E-state index contributed by atoms with van der Waals surface area (Å²) in [7, 11) is 0. The van der Waals surface area contributed by atoms with Crippen LogP contribution in [0.25, 0.3) is 0 Å². The van der Waals surface area contributed by atoms with Crippen LogP contribution in [0, 0.1) is 13.8 Å². The predicted octanol–water partition coefficient (Wildman–Crippen LogP) is 2.39. The molecule has 1 aromatic carbocycles. The topological polar surface area (TPSA) is 20.2 Å².